The maximum Gasteiger partial charge on any atom is 0.206 e. The van der Waals surface area contributed by atoms with Crippen molar-refractivity contribution in [1.82, 2.24) is 4.68 Å². The van der Waals surface area contributed by atoms with E-state index < -0.39 is 0 Å². The van der Waals surface area contributed by atoms with Crippen molar-refractivity contribution >= 4 is 40.5 Å². The molecule has 3 aromatic rings. The van der Waals surface area contributed by atoms with Crippen LogP contribution >= 0.6 is 34.3 Å². The number of aromatic nitrogens is 1. The molecule has 0 N–H and O–H groups in total. The van der Waals surface area contributed by atoms with Crippen molar-refractivity contribution in [2.75, 3.05) is 0 Å². The fourth-order valence-electron chi connectivity index (χ4n) is 2.02. The summed E-state index contributed by atoms with van der Waals surface area (Å²) in [5.41, 5.74) is 2.08. The molecule has 0 fully saturated rings. The van der Waals surface area contributed by atoms with E-state index in [4.69, 9.17) is 11.6 Å². The molecule has 2 aromatic heterocycles. The van der Waals surface area contributed by atoms with Crippen molar-refractivity contribution < 1.29 is 0 Å². The Bertz CT molecular complexity index is 856. The number of nitrogens with zero attached hydrogens (tertiary/aromatic N) is 3. The molecule has 0 atom stereocenters. The predicted octanol–water partition coefficient (Wildman–Crippen LogP) is 5.12. The summed E-state index contributed by atoms with van der Waals surface area (Å²) in [7, 11) is 0. The fourth-order valence-corrected chi connectivity index (χ4v) is 3.69. The zero-order valence-corrected chi connectivity index (χ0v) is 15.2. The first-order valence-electron chi connectivity index (χ1n) is 7.21. The van der Waals surface area contributed by atoms with Gasteiger partial charge in [-0.25, -0.2) is 4.68 Å². The van der Waals surface area contributed by atoms with Gasteiger partial charge in [0.05, 0.1) is 11.9 Å². The largest absolute Gasteiger partial charge is 0.255 e. The zero-order chi connectivity index (χ0) is 16.2. The maximum absolute atomic E-state index is 5.99. The van der Waals surface area contributed by atoms with E-state index in [1.165, 1.54) is 0 Å². The molecule has 0 aliphatic carbocycles. The fraction of sp³-hybridized carbons (Fsp3) is 0.176. The molecule has 118 valence electrons. The summed E-state index contributed by atoms with van der Waals surface area (Å²) in [4.78, 5) is 6.67. The van der Waals surface area contributed by atoms with Crippen LogP contribution in [0, 0.1) is 0 Å². The third-order valence-electron chi connectivity index (χ3n) is 3.04. The molecule has 0 bridgehead atoms. The quantitative estimate of drug-likeness (QED) is 0.577. The molecule has 6 heteroatoms. The van der Waals surface area contributed by atoms with E-state index in [0.717, 1.165) is 26.0 Å². The molecule has 0 aliphatic rings. The van der Waals surface area contributed by atoms with Crippen LogP contribution in [0.15, 0.2) is 57.3 Å². The molecule has 0 saturated heterocycles. The third-order valence-corrected chi connectivity index (χ3v) is 4.93. The number of thiophene rings is 1. The van der Waals surface area contributed by atoms with Gasteiger partial charge in [-0.2, -0.15) is 5.10 Å². The highest BCUT2D eigenvalue weighted by Crippen LogP contribution is 2.22. The molecular weight excluding hydrogens is 346 g/mol. The van der Waals surface area contributed by atoms with Crippen LogP contribution < -0.4 is 4.80 Å². The number of rotatable bonds is 4. The standard InChI is InChI=1S/C17H16ClN3S2/c1-12(2)20-17-21(19-10-15-4-3-9-22-15)16(11-23-17)13-5-7-14(18)8-6-13/h3-12H,1-2H3. The van der Waals surface area contributed by atoms with Crippen LogP contribution in [0.5, 0.6) is 0 Å². The highest BCUT2D eigenvalue weighted by molar-refractivity contribution is 7.11. The van der Waals surface area contributed by atoms with E-state index in [0.29, 0.717) is 0 Å². The van der Waals surface area contributed by atoms with Crippen LogP contribution in [0.25, 0.3) is 11.3 Å². The average Bonchev–Trinajstić information content (AvgIpc) is 3.15. The van der Waals surface area contributed by atoms with Gasteiger partial charge in [0.15, 0.2) is 0 Å². The lowest BCUT2D eigenvalue weighted by atomic mass is 10.2. The summed E-state index contributed by atoms with van der Waals surface area (Å²) < 4.78 is 1.90. The Morgan fingerprint density at radius 3 is 2.57 bits per heavy atom. The summed E-state index contributed by atoms with van der Waals surface area (Å²) in [5.74, 6) is 0. The highest BCUT2D eigenvalue weighted by Gasteiger charge is 2.08. The van der Waals surface area contributed by atoms with Crippen LogP contribution in [0.3, 0.4) is 0 Å². The van der Waals surface area contributed by atoms with Gasteiger partial charge in [-0.3, -0.25) is 4.99 Å². The molecule has 0 amide bonds. The Morgan fingerprint density at radius 1 is 1.13 bits per heavy atom. The molecule has 0 saturated carbocycles. The topological polar surface area (TPSA) is 29.6 Å². The smallest absolute Gasteiger partial charge is 0.206 e. The van der Waals surface area contributed by atoms with Gasteiger partial charge < -0.3 is 0 Å². The Labute approximate surface area is 148 Å². The molecule has 0 unspecified atom stereocenters. The van der Waals surface area contributed by atoms with Gasteiger partial charge in [0.1, 0.15) is 0 Å². The van der Waals surface area contributed by atoms with E-state index in [9.17, 15) is 0 Å². The first kappa shape index (κ1) is 16.2. The van der Waals surface area contributed by atoms with Gasteiger partial charge in [-0.1, -0.05) is 29.8 Å². The van der Waals surface area contributed by atoms with Gasteiger partial charge in [0, 0.05) is 26.9 Å². The average molecular weight is 362 g/mol. The van der Waals surface area contributed by atoms with Gasteiger partial charge in [0.2, 0.25) is 4.80 Å². The molecule has 1 aromatic carbocycles. The third kappa shape index (κ3) is 3.99. The minimum Gasteiger partial charge on any atom is -0.255 e. The second-order valence-electron chi connectivity index (χ2n) is 5.21. The van der Waals surface area contributed by atoms with E-state index in [2.05, 4.69) is 29.3 Å². The molecule has 3 rings (SSSR count). The number of benzene rings is 1. The number of hydrogen-bond donors (Lipinski definition) is 0. The van der Waals surface area contributed by atoms with Crippen LogP contribution in [0.2, 0.25) is 5.02 Å². The molecule has 23 heavy (non-hydrogen) atoms. The van der Waals surface area contributed by atoms with E-state index >= 15 is 0 Å². The Morgan fingerprint density at radius 2 is 1.91 bits per heavy atom. The monoisotopic (exact) mass is 361 g/mol. The van der Waals surface area contributed by atoms with E-state index in [1.54, 1.807) is 22.7 Å². The van der Waals surface area contributed by atoms with Crippen LogP contribution in [-0.2, 0) is 0 Å². The molecule has 0 radical (unpaired) electrons. The summed E-state index contributed by atoms with van der Waals surface area (Å²) in [6.45, 7) is 4.13. The van der Waals surface area contributed by atoms with Crippen molar-refractivity contribution in [3.63, 3.8) is 0 Å². The Balaban J connectivity index is 2.09. The van der Waals surface area contributed by atoms with E-state index in [1.807, 2.05) is 52.7 Å². The second kappa shape index (κ2) is 7.25. The van der Waals surface area contributed by atoms with Crippen LogP contribution in [0.1, 0.15) is 18.7 Å². The first-order valence-corrected chi connectivity index (χ1v) is 9.35. The van der Waals surface area contributed by atoms with Gasteiger partial charge in [0.25, 0.3) is 0 Å². The Hall–Kier alpha value is -1.69. The number of hydrogen-bond acceptors (Lipinski definition) is 4. The van der Waals surface area contributed by atoms with Crippen molar-refractivity contribution in [2.45, 2.75) is 19.9 Å². The highest BCUT2D eigenvalue weighted by atomic mass is 35.5. The van der Waals surface area contributed by atoms with Gasteiger partial charge >= 0.3 is 0 Å². The summed E-state index contributed by atoms with van der Waals surface area (Å²) in [5, 5.41) is 9.49. The lowest BCUT2D eigenvalue weighted by molar-refractivity contribution is 0.755. The number of thiazole rings is 1. The summed E-state index contributed by atoms with van der Waals surface area (Å²) in [6, 6.07) is 12.1. The normalized spacial score (nSPS) is 12.6. The SMILES string of the molecule is CC(C)N=c1scc(-c2ccc(Cl)cc2)n1N=Cc1cccs1. The van der Waals surface area contributed by atoms with Gasteiger partial charge in [-0.15, -0.1) is 22.7 Å². The van der Waals surface area contributed by atoms with Crippen LogP contribution in [-0.4, -0.2) is 16.9 Å². The maximum atomic E-state index is 5.99. The minimum atomic E-state index is 0.218. The lowest BCUT2D eigenvalue weighted by Gasteiger charge is -2.04. The first-order chi connectivity index (χ1) is 11.1. The molecule has 3 nitrogen and oxygen atoms in total. The Kier molecular flexibility index (Phi) is 5.10. The summed E-state index contributed by atoms with van der Waals surface area (Å²) >= 11 is 9.25. The minimum absolute atomic E-state index is 0.218. The van der Waals surface area contributed by atoms with Crippen molar-refractivity contribution in [1.29, 1.82) is 0 Å². The van der Waals surface area contributed by atoms with Crippen LogP contribution in [0.4, 0.5) is 0 Å². The molecular formula is C17H16ClN3S2. The summed E-state index contributed by atoms with van der Waals surface area (Å²) in [6.07, 6.45) is 1.87. The van der Waals surface area contributed by atoms with E-state index in [-0.39, 0.29) is 6.04 Å². The van der Waals surface area contributed by atoms with Crippen molar-refractivity contribution in [3.05, 3.63) is 61.9 Å². The second-order valence-corrected chi connectivity index (χ2v) is 7.46. The molecule has 2 heterocycles. The molecule has 0 aliphatic heterocycles. The lowest BCUT2D eigenvalue weighted by Crippen LogP contribution is -2.14. The molecule has 0 spiro atoms. The van der Waals surface area contributed by atoms with Crippen molar-refractivity contribution in [2.24, 2.45) is 10.1 Å². The number of halogens is 1. The zero-order valence-electron chi connectivity index (χ0n) is 12.8. The van der Waals surface area contributed by atoms with Crippen molar-refractivity contribution in [3.8, 4) is 11.3 Å². The van der Waals surface area contributed by atoms with Gasteiger partial charge in [-0.05, 0) is 37.4 Å². The predicted molar refractivity (Wildman–Crippen MR) is 101 cm³/mol.